The number of amides is 2. The monoisotopic (exact) mass is 678 g/mol. The highest BCUT2D eigenvalue weighted by Crippen LogP contribution is 2.48. The highest BCUT2D eigenvalue weighted by Gasteiger charge is 2.61. The maximum absolute atomic E-state index is 13.2. The standard InChI is InChI=1S/C27H19Cl2F7N6O3/c28-16-6-1-11(9-37-23(44)15-8-26(15,32)33)19(29)20(16)40-25-39-17-7-14(24(41-21(17)42-25)45-10-18(30)31)22(43)38-13-4-2-12(3-5-13)27(34,35)36/h1-7,15,18H,8-10H2,(H,37,44)(H,38,43)(H2,39,40,41,42). The number of hydrogen-bond acceptors (Lipinski definition) is 6. The average Bonchev–Trinajstić information content (AvgIpc) is 3.43. The van der Waals surface area contributed by atoms with Gasteiger partial charge >= 0.3 is 6.18 Å². The zero-order valence-corrected chi connectivity index (χ0v) is 23.9. The molecular formula is C27H19Cl2F7N6O3. The van der Waals surface area contributed by atoms with E-state index < -0.39 is 60.7 Å². The number of fused-ring (bicyclic) bond motifs is 1. The van der Waals surface area contributed by atoms with E-state index in [-0.39, 0.29) is 50.6 Å². The normalized spacial score (nSPS) is 15.6. The van der Waals surface area contributed by atoms with Crippen LogP contribution in [-0.2, 0) is 17.5 Å². The molecule has 0 bridgehead atoms. The summed E-state index contributed by atoms with van der Waals surface area (Å²) in [5.74, 6) is -6.75. The molecular weight excluding hydrogens is 660 g/mol. The molecule has 2 aromatic carbocycles. The van der Waals surface area contributed by atoms with Gasteiger partial charge in [-0.15, -0.1) is 0 Å². The van der Waals surface area contributed by atoms with Gasteiger partial charge in [-0.3, -0.25) is 9.59 Å². The Kier molecular flexibility index (Phi) is 8.72. The van der Waals surface area contributed by atoms with Gasteiger partial charge in [-0.2, -0.15) is 23.1 Å². The molecule has 1 unspecified atom stereocenters. The molecule has 45 heavy (non-hydrogen) atoms. The van der Waals surface area contributed by atoms with Gasteiger partial charge in [0, 0.05) is 18.7 Å². The second-order valence-corrected chi connectivity index (χ2v) is 10.6. The fourth-order valence-corrected chi connectivity index (χ4v) is 4.64. The number of pyridine rings is 1. The zero-order valence-electron chi connectivity index (χ0n) is 22.3. The van der Waals surface area contributed by atoms with E-state index in [0.29, 0.717) is 5.56 Å². The number of alkyl halides is 7. The minimum atomic E-state index is -4.59. The molecule has 1 aliphatic carbocycles. The van der Waals surface area contributed by atoms with Crippen LogP contribution in [0.4, 0.5) is 48.1 Å². The lowest BCUT2D eigenvalue weighted by molar-refractivity contribution is -0.137. The van der Waals surface area contributed by atoms with E-state index in [1.54, 1.807) is 0 Å². The lowest BCUT2D eigenvalue weighted by atomic mass is 10.2. The molecule has 18 heteroatoms. The van der Waals surface area contributed by atoms with Gasteiger partial charge in [-0.1, -0.05) is 29.3 Å². The van der Waals surface area contributed by atoms with Crippen molar-refractivity contribution in [2.75, 3.05) is 17.2 Å². The van der Waals surface area contributed by atoms with E-state index >= 15 is 0 Å². The number of benzene rings is 2. The largest absolute Gasteiger partial charge is 0.471 e. The van der Waals surface area contributed by atoms with Crippen molar-refractivity contribution >= 4 is 63.5 Å². The van der Waals surface area contributed by atoms with Crippen molar-refractivity contribution in [3.8, 4) is 5.88 Å². The molecule has 2 aromatic heterocycles. The third kappa shape index (κ3) is 7.33. The highest BCUT2D eigenvalue weighted by molar-refractivity contribution is 6.39. The van der Waals surface area contributed by atoms with Gasteiger partial charge < -0.3 is 25.7 Å². The molecule has 4 aromatic rings. The number of halogens is 9. The molecule has 0 radical (unpaired) electrons. The van der Waals surface area contributed by atoms with Gasteiger partial charge in [0.1, 0.15) is 11.5 Å². The Bertz CT molecular complexity index is 1770. The molecule has 238 valence electrons. The SMILES string of the molecule is O=C(Nc1ccc(C(F)(F)F)cc1)c1cc2[nH]c(Nc3c(Cl)ccc(CNC(=O)C4CC4(F)F)c3Cl)nc2nc1OCC(F)F. The van der Waals surface area contributed by atoms with Gasteiger partial charge in [0.15, 0.2) is 12.3 Å². The Morgan fingerprint density at radius 1 is 1.09 bits per heavy atom. The maximum Gasteiger partial charge on any atom is 0.416 e. The lowest BCUT2D eigenvalue weighted by Gasteiger charge is -2.13. The molecule has 1 saturated carbocycles. The van der Waals surface area contributed by atoms with Crippen LogP contribution in [0, 0.1) is 5.92 Å². The molecule has 0 aliphatic heterocycles. The number of ether oxygens (including phenoxy) is 1. The number of H-pyrrole nitrogens is 1. The van der Waals surface area contributed by atoms with Crippen molar-refractivity contribution < 1.29 is 45.1 Å². The quantitative estimate of drug-likeness (QED) is 0.132. The maximum atomic E-state index is 13.2. The first-order chi connectivity index (χ1) is 21.1. The van der Waals surface area contributed by atoms with E-state index in [2.05, 4.69) is 30.9 Å². The molecule has 0 saturated heterocycles. The van der Waals surface area contributed by atoms with E-state index in [1.807, 2.05) is 0 Å². The van der Waals surface area contributed by atoms with Gasteiger partial charge in [-0.25, -0.2) is 17.6 Å². The van der Waals surface area contributed by atoms with Gasteiger partial charge in [-0.05, 0) is 42.0 Å². The Morgan fingerprint density at radius 2 is 1.78 bits per heavy atom. The van der Waals surface area contributed by atoms with Crippen molar-refractivity contribution in [3.05, 3.63) is 69.2 Å². The summed E-state index contributed by atoms with van der Waals surface area (Å²) in [6.07, 6.45) is -8.05. The Morgan fingerprint density at radius 3 is 2.40 bits per heavy atom. The summed E-state index contributed by atoms with van der Waals surface area (Å²) >= 11 is 12.8. The van der Waals surface area contributed by atoms with Gasteiger partial charge in [0.2, 0.25) is 17.7 Å². The van der Waals surface area contributed by atoms with E-state index in [0.717, 1.165) is 24.3 Å². The molecule has 1 fully saturated rings. The Labute approximate surface area is 258 Å². The fourth-order valence-electron chi connectivity index (χ4n) is 4.11. The number of anilines is 3. The van der Waals surface area contributed by atoms with Gasteiger partial charge in [0.25, 0.3) is 18.3 Å². The van der Waals surface area contributed by atoms with E-state index in [9.17, 15) is 40.3 Å². The number of carbonyl (C=O) groups is 2. The highest BCUT2D eigenvalue weighted by atomic mass is 35.5. The number of aromatic nitrogens is 3. The van der Waals surface area contributed by atoms with Crippen LogP contribution in [0.15, 0.2) is 42.5 Å². The van der Waals surface area contributed by atoms with Crippen LogP contribution in [0.5, 0.6) is 5.88 Å². The number of nitrogens with zero attached hydrogens (tertiary/aromatic N) is 2. The number of aromatic amines is 1. The molecule has 9 nitrogen and oxygen atoms in total. The number of nitrogens with one attached hydrogen (secondary N) is 4. The summed E-state index contributed by atoms with van der Waals surface area (Å²) in [6.45, 7) is -1.30. The topological polar surface area (TPSA) is 121 Å². The van der Waals surface area contributed by atoms with Crippen LogP contribution in [0.2, 0.25) is 10.0 Å². The second kappa shape index (κ2) is 12.2. The Hall–Kier alpha value is -4.31. The second-order valence-electron chi connectivity index (χ2n) is 9.79. The van der Waals surface area contributed by atoms with Crippen LogP contribution in [-0.4, -0.2) is 45.7 Å². The van der Waals surface area contributed by atoms with E-state index in [4.69, 9.17) is 27.9 Å². The first kappa shape index (κ1) is 32.1. The lowest BCUT2D eigenvalue weighted by Crippen LogP contribution is -2.26. The Balaban J connectivity index is 1.38. The molecule has 2 heterocycles. The summed E-state index contributed by atoms with van der Waals surface area (Å²) < 4.78 is 95.9. The van der Waals surface area contributed by atoms with Crippen molar-refractivity contribution in [2.24, 2.45) is 5.92 Å². The predicted molar refractivity (Wildman–Crippen MR) is 149 cm³/mol. The fraction of sp³-hybridized carbons (Fsp3) is 0.259. The number of imidazole rings is 1. The van der Waals surface area contributed by atoms with Gasteiger partial charge in [0.05, 0.1) is 26.8 Å². The first-order valence-corrected chi connectivity index (χ1v) is 13.6. The molecule has 1 aliphatic rings. The summed E-state index contributed by atoms with van der Waals surface area (Å²) in [6, 6.07) is 7.63. The minimum Gasteiger partial charge on any atom is -0.471 e. The van der Waals surface area contributed by atoms with E-state index in [1.165, 1.54) is 18.2 Å². The molecule has 2 amide bonds. The zero-order chi connectivity index (χ0) is 32.7. The minimum absolute atomic E-state index is 0.0222. The van der Waals surface area contributed by atoms with Crippen LogP contribution in [0.3, 0.4) is 0 Å². The van der Waals surface area contributed by atoms with Crippen LogP contribution in [0.1, 0.15) is 27.9 Å². The van der Waals surface area contributed by atoms with Crippen LogP contribution < -0.4 is 20.7 Å². The number of rotatable bonds is 10. The molecule has 4 N–H and O–H groups in total. The third-order valence-electron chi connectivity index (χ3n) is 6.51. The van der Waals surface area contributed by atoms with Crippen LogP contribution in [0.25, 0.3) is 11.2 Å². The summed E-state index contributed by atoms with van der Waals surface area (Å²) in [4.78, 5) is 36.0. The molecule has 5 rings (SSSR count). The van der Waals surface area contributed by atoms with Crippen molar-refractivity contribution in [2.45, 2.75) is 31.5 Å². The third-order valence-corrected chi connectivity index (χ3v) is 7.26. The first-order valence-electron chi connectivity index (χ1n) is 12.8. The van der Waals surface area contributed by atoms with Crippen molar-refractivity contribution in [3.63, 3.8) is 0 Å². The molecule has 1 atom stereocenters. The van der Waals surface area contributed by atoms with Crippen LogP contribution >= 0.6 is 23.2 Å². The predicted octanol–water partition coefficient (Wildman–Crippen LogP) is 7.19. The number of hydrogen-bond donors (Lipinski definition) is 4. The summed E-state index contributed by atoms with van der Waals surface area (Å²) in [7, 11) is 0. The molecule has 0 spiro atoms. The van der Waals surface area contributed by atoms with Crippen molar-refractivity contribution in [1.82, 2.24) is 20.3 Å². The van der Waals surface area contributed by atoms with Crippen molar-refractivity contribution in [1.29, 1.82) is 0 Å². The summed E-state index contributed by atoms with van der Waals surface area (Å²) in [5.41, 5.74) is -0.843. The number of carbonyl (C=O) groups excluding carboxylic acids is 2. The average molecular weight is 679 g/mol. The smallest absolute Gasteiger partial charge is 0.416 e. The summed E-state index contributed by atoms with van der Waals surface area (Å²) in [5, 5.41) is 7.71.